The molecule has 0 atom stereocenters. The third-order valence-electron chi connectivity index (χ3n) is 2.81. The van der Waals surface area contributed by atoms with Crippen molar-refractivity contribution in [3.05, 3.63) is 84.9 Å². The maximum atomic E-state index is 3.00. The largest absolute Gasteiger partial charge is 0.106 e. The van der Waals surface area contributed by atoms with Crippen molar-refractivity contribution in [3.63, 3.8) is 0 Å². The fourth-order valence-electron chi connectivity index (χ4n) is 2.03. The molecule has 17 heavy (non-hydrogen) atoms. The highest BCUT2D eigenvalue weighted by molar-refractivity contribution is 5.31. The number of rotatable bonds is 3. The van der Waals surface area contributed by atoms with Crippen LogP contribution in [-0.2, 0) is 0 Å². The molecule has 0 radical (unpaired) electrons. The van der Waals surface area contributed by atoms with Gasteiger partial charge in [-0.25, -0.2) is 0 Å². The smallest absolute Gasteiger partial charge is 0.00867 e. The minimum absolute atomic E-state index is 0.535. The van der Waals surface area contributed by atoms with E-state index < -0.39 is 0 Å². The first kappa shape index (κ1) is 13.2. The van der Waals surface area contributed by atoms with Crippen LogP contribution in [0.1, 0.15) is 30.4 Å². The molecular formula is C17H20. The second-order valence-corrected chi connectivity index (χ2v) is 3.78. The fraction of sp³-hybridized carbons (Fsp3) is 0.176. The third-order valence-corrected chi connectivity index (χ3v) is 2.81. The third kappa shape index (κ3) is 3.60. The van der Waals surface area contributed by atoms with Gasteiger partial charge in [0.05, 0.1) is 0 Å². The van der Waals surface area contributed by atoms with Crippen LogP contribution in [0.15, 0.2) is 73.8 Å². The van der Waals surface area contributed by atoms with E-state index in [4.69, 9.17) is 0 Å². The lowest BCUT2D eigenvalue weighted by molar-refractivity contribution is 0.777. The maximum absolute atomic E-state index is 3.00. The van der Waals surface area contributed by atoms with Gasteiger partial charge in [-0.3, -0.25) is 0 Å². The average molecular weight is 224 g/mol. The first-order valence-electron chi connectivity index (χ1n) is 6.01. The molecule has 0 bridgehead atoms. The lowest BCUT2D eigenvalue weighted by Gasteiger charge is -2.15. The van der Waals surface area contributed by atoms with E-state index in [0.29, 0.717) is 5.92 Å². The van der Waals surface area contributed by atoms with Gasteiger partial charge in [0.1, 0.15) is 0 Å². The van der Waals surface area contributed by atoms with Crippen molar-refractivity contribution < 1.29 is 0 Å². The molecule has 0 saturated heterocycles. The second kappa shape index (κ2) is 7.45. The van der Waals surface area contributed by atoms with Crippen LogP contribution in [0.5, 0.6) is 0 Å². The Morgan fingerprint density at radius 3 is 1.41 bits per heavy atom. The molecule has 0 aliphatic rings. The summed E-state index contributed by atoms with van der Waals surface area (Å²) in [6.07, 6.45) is 1.15. The van der Waals surface area contributed by atoms with E-state index in [-0.39, 0.29) is 0 Å². The first-order chi connectivity index (χ1) is 8.42. The van der Waals surface area contributed by atoms with Crippen LogP contribution in [0, 0.1) is 0 Å². The quantitative estimate of drug-likeness (QED) is 0.641. The van der Waals surface area contributed by atoms with Gasteiger partial charge < -0.3 is 0 Å². The van der Waals surface area contributed by atoms with Gasteiger partial charge in [-0.05, 0) is 17.5 Å². The van der Waals surface area contributed by atoms with Gasteiger partial charge in [-0.2, -0.15) is 0 Å². The molecule has 0 heterocycles. The molecular weight excluding hydrogens is 204 g/mol. The zero-order valence-corrected chi connectivity index (χ0v) is 10.5. The van der Waals surface area contributed by atoms with Gasteiger partial charge in [-0.1, -0.05) is 67.6 Å². The van der Waals surface area contributed by atoms with E-state index in [9.17, 15) is 0 Å². The number of hydrogen-bond acceptors (Lipinski definition) is 0. The van der Waals surface area contributed by atoms with Gasteiger partial charge in [0, 0.05) is 5.92 Å². The van der Waals surface area contributed by atoms with Crippen LogP contribution in [0.2, 0.25) is 0 Å². The zero-order valence-electron chi connectivity index (χ0n) is 10.5. The number of benzene rings is 2. The molecule has 0 nitrogen and oxygen atoms in total. The highest BCUT2D eigenvalue weighted by atomic mass is 14.1. The predicted octanol–water partition coefficient (Wildman–Crippen LogP) is 5.03. The van der Waals surface area contributed by atoms with Crippen molar-refractivity contribution in [3.8, 4) is 0 Å². The molecule has 0 aromatic heterocycles. The van der Waals surface area contributed by atoms with Crippen molar-refractivity contribution >= 4 is 0 Å². The molecule has 0 saturated carbocycles. The Hall–Kier alpha value is -1.82. The van der Waals surface area contributed by atoms with E-state index in [1.807, 2.05) is 0 Å². The molecule has 88 valence electrons. The Morgan fingerprint density at radius 1 is 0.765 bits per heavy atom. The fourth-order valence-corrected chi connectivity index (χ4v) is 2.03. The molecule has 0 heteroatoms. The SMILES string of the molecule is C=C.CCC(c1ccccc1)c1ccccc1. The summed E-state index contributed by atoms with van der Waals surface area (Å²) in [7, 11) is 0. The van der Waals surface area contributed by atoms with Crippen molar-refractivity contribution in [2.75, 3.05) is 0 Å². The standard InChI is InChI=1S/C15H16.C2H4/c1-2-15(13-9-5-3-6-10-13)14-11-7-4-8-12-14;1-2/h3-12,15H,2H2,1H3;1-2H2. The Balaban J connectivity index is 0.000000686. The minimum atomic E-state index is 0.535. The molecule has 0 aliphatic heterocycles. The summed E-state index contributed by atoms with van der Waals surface area (Å²) in [4.78, 5) is 0. The van der Waals surface area contributed by atoms with Crippen molar-refractivity contribution in [2.24, 2.45) is 0 Å². The first-order valence-corrected chi connectivity index (χ1v) is 6.01. The van der Waals surface area contributed by atoms with Crippen LogP contribution in [0.25, 0.3) is 0 Å². The van der Waals surface area contributed by atoms with Crippen LogP contribution in [0.4, 0.5) is 0 Å². The van der Waals surface area contributed by atoms with Gasteiger partial charge in [-0.15, -0.1) is 13.2 Å². The molecule has 2 rings (SSSR count). The second-order valence-electron chi connectivity index (χ2n) is 3.78. The highest BCUT2D eigenvalue weighted by Gasteiger charge is 2.10. The normalized spacial score (nSPS) is 9.53. The van der Waals surface area contributed by atoms with E-state index >= 15 is 0 Å². The van der Waals surface area contributed by atoms with Gasteiger partial charge >= 0.3 is 0 Å². The lowest BCUT2D eigenvalue weighted by atomic mass is 9.89. The van der Waals surface area contributed by atoms with Crippen molar-refractivity contribution in [2.45, 2.75) is 19.3 Å². The molecule has 0 N–H and O–H groups in total. The van der Waals surface area contributed by atoms with E-state index in [2.05, 4.69) is 80.7 Å². The molecule has 0 spiro atoms. The van der Waals surface area contributed by atoms with Gasteiger partial charge in [0.15, 0.2) is 0 Å². The summed E-state index contributed by atoms with van der Waals surface area (Å²) in [5, 5.41) is 0. The van der Waals surface area contributed by atoms with Crippen molar-refractivity contribution in [1.82, 2.24) is 0 Å². The topological polar surface area (TPSA) is 0 Å². The number of hydrogen-bond donors (Lipinski definition) is 0. The van der Waals surface area contributed by atoms with Gasteiger partial charge in [0.25, 0.3) is 0 Å². The van der Waals surface area contributed by atoms with Gasteiger partial charge in [0.2, 0.25) is 0 Å². The van der Waals surface area contributed by atoms with Crippen molar-refractivity contribution in [1.29, 1.82) is 0 Å². The van der Waals surface area contributed by atoms with Crippen LogP contribution >= 0.6 is 0 Å². The van der Waals surface area contributed by atoms with Crippen LogP contribution < -0.4 is 0 Å². The Bertz CT molecular complexity index is 363. The molecule has 2 aromatic carbocycles. The molecule has 0 unspecified atom stereocenters. The highest BCUT2D eigenvalue weighted by Crippen LogP contribution is 2.26. The predicted molar refractivity (Wildman–Crippen MR) is 76.3 cm³/mol. The Labute approximate surface area is 105 Å². The maximum Gasteiger partial charge on any atom is 0.00867 e. The van der Waals surface area contributed by atoms with E-state index in [1.54, 1.807) is 0 Å². The Kier molecular flexibility index (Phi) is 5.81. The summed E-state index contributed by atoms with van der Waals surface area (Å²) in [6.45, 7) is 8.24. The summed E-state index contributed by atoms with van der Waals surface area (Å²) >= 11 is 0. The molecule has 0 fully saturated rings. The van der Waals surface area contributed by atoms with E-state index in [1.165, 1.54) is 11.1 Å². The average Bonchev–Trinajstić information content (AvgIpc) is 2.44. The summed E-state index contributed by atoms with van der Waals surface area (Å²) in [5.41, 5.74) is 2.82. The Morgan fingerprint density at radius 2 is 1.12 bits per heavy atom. The van der Waals surface area contributed by atoms with E-state index in [0.717, 1.165) is 6.42 Å². The molecule has 0 aliphatic carbocycles. The van der Waals surface area contributed by atoms with Crippen LogP contribution in [0.3, 0.4) is 0 Å². The summed E-state index contributed by atoms with van der Waals surface area (Å²) in [6, 6.07) is 21.4. The summed E-state index contributed by atoms with van der Waals surface area (Å²) < 4.78 is 0. The minimum Gasteiger partial charge on any atom is -0.106 e. The zero-order chi connectivity index (χ0) is 12.5. The molecule has 0 amide bonds. The lowest BCUT2D eigenvalue weighted by Crippen LogP contribution is -1.98. The van der Waals surface area contributed by atoms with Crippen LogP contribution in [-0.4, -0.2) is 0 Å². The summed E-state index contributed by atoms with van der Waals surface area (Å²) in [5.74, 6) is 0.535. The molecule has 2 aromatic rings. The monoisotopic (exact) mass is 224 g/mol.